The number of hydrogen-bond donors (Lipinski definition) is 2. The van der Waals surface area contributed by atoms with Crippen molar-refractivity contribution in [2.24, 2.45) is 11.1 Å². The fraction of sp³-hybridized carbons (Fsp3) is 0.600. The molecule has 20 heavy (non-hydrogen) atoms. The minimum Gasteiger partial charge on any atom is -0.384 e. The molecule has 0 spiro atoms. The Labute approximate surface area is 121 Å². The second kappa shape index (κ2) is 6.14. The summed E-state index contributed by atoms with van der Waals surface area (Å²) in [4.78, 5) is 0.410. The highest BCUT2D eigenvalue weighted by molar-refractivity contribution is 7.91. The van der Waals surface area contributed by atoms with Crippen molar-refractivity contribution < 1.29 is 8.42 Å². The van der Waals surface area contributed by atoms with E-state index in [-0.39, 0.29) is 5.75 Å². The van der Waals surface area contributed by atoms with Crippen LogP contribution in [0.3, 0.4) is 0 Å². The third-order valence-electron chi connectivity index (χ3n) is 3.99. The molecule has 0 unspecified atom stereocenters. The van der Waals surface area contributed by atoms with E-state index in [0.29, 0.717) is 16.7 Å². The molecule has 4 nitrogen and oxygen atoms in total. The summed E-state index contributed by atoms with van der Waals surface area (Å²) in [6.07, 6.45) is 4.17. The molecule has 1 fully saturated rings. The van der Waals surface area contributed by atoms with Crippen LogP contribution in [0.4, 0.5) is 5.69 Å². The van der Waals surface area contributed by atoms with Gasteiger partial charge in [0.05, 0.1) is 10.6 Å². The Bertz CT molecular complexity index is 533. The van der Waals surface area contributed by atoms with Crippen LogP contribution in [0, 0.1) is 5.41 Å². The Morgan fingerprint density at radius 1 is 1.25 bits per heavy atom. The van der Waals surface area contributed by atoms with Gasteiger partial charge < -0.3 is 11.1 Å². The van der Waals surface area contributed by atoms with Gasteiger partial charge in [-0.1, -0.05) is 6.92 Å². The smallest absolute Gasteiger partial charge is 0.178 e. The van der Waals surface area contributed by atoms with Gasteiger partial charge in [0.1, 0.15) is 0 Å². The molecular formula is C15H24N2O2S. The lowest BCUT2D eigenvalue weighted by atomic mass is 10.0. The molecule has 112 valence electrons. The number of benzene rings is 1. The zero-order valence-electron chi connectivity index (χ0n) is 12.1. The van der Waals surface area contributed by atoms with Gasteiger partial charge in [0.2, 0.25) is 0 Å². The van der Waals surface area contributed by atoms with Gasteiger partial charge in [-0.3, -0.25) is 0 Å². The number of hydrogen-bond acceptors (Lipinski definition) is 4. The van der Waals surface area contributed by atoms with Crippen LogP contribution in [0.5, 0.6) is 0 Å². The second-order valence-electron chi connectivity index (χ2n) is 5.74. The predicted molar refractivity (Wildman–Crippen MR) is 82.6 cm³/mol. The van der Waals surface area contributed by atoms with E-state index in [4.69, 9.17) is 5.73 Å². The Balaban J connectivity index is 1.95. The largest absolute Gasteiger partial charge is 0.384 e. The molecule has 2 rings (SSSR count). The van der Waals surface area contributed by atoms with Crippen LogP contribution in [0.25, 0.3) is 0 Å². The van der Waals surface area contributed by atoms with Gasteiger partial charge in [-0.15, -0.1) is 0 Å². The first-order valence-corrected chi connectivity index (χ1v) is 8.93. The number of sulfone groups is 1. The van der Waals surface area contributed by atoms with Crippen molar-refractivity contribution >= 4 is 15.5 Å². The normalized spacial score (nSPS) is 16.9. The van der Waals surface area contributed by atoms with E-state index in [1.165, 1.54) is 12.8 Å². The Morgan fingerprint density at radius 2 is 1.90 bits per heavy atom. The summed E-state index contributed by atoms with van der Waals surface area (Å²) in [6.45, 7) is 3.53. The molecule has 0 amide bonds. The lowest BCUT2D eigenvalue weighted by Crippen LogP contribution is -2.19. The first-order valence-electron chi connectivity index (χ1n) is 7.28. The highest BCUT2D eigenvalue weighted by Gasteiger charge is 2.41. The molecule has 5 heteroatoms. The maximum atomic E-state index is 11.9. The van der Waals surface area contributed by atoms with Crippen molar-refractivity contribution in [3.63, 3.8) is 0 Å². The molecule has 1 aliphatic carbocycles. The lowest BCUT2D eigenvalue weighted by Gasteiger charge is -2.16. The van der Waals surface area contributed by atoms with E-state index in [1.54, 1.807) is 12.1 Å². The summed E-state index contributed by atoms with van der Waals surface area (Å²) in [6, 6.07) is 7.08. The molecule has 1 aromatic rings. The molecule has 0 saturated heterocycles. The van der Waals surface area contributed by atoms with E-state index in [2.05, 4.69) is 5.32 Å². The number of nitrogens with one attached hydrogen (secondary N) is 1. The van der Waals surface area contributed by atoms with Gasteiger partial charge >= 0.3 is 0 Å². The maximum absolute atomic E-state index is 11.9. The Morgan fingerprint density at radius 3 is 2.40 bits per heavy atom. The summed E-state index contributed by atoms with van der Waals surface area (Å²) < 4.78 is 23.8. The van der Waals surface area contributed by atoms with E-state index in [1.807, 2.05) is 19.1 Å². The number of rotatable bonds is 8. The number of anilines is 1. The van der Waals surface area contributed by atoms with Crippen LogP contribution in [0.2, 0.25) is 0 Å². The first-order chi connectivity index (χ1) is 9.51. The van der Waals surface area contributed by atoms with Gasteiger partial charge in [-0.05, 0) is 61.9 Å². The summed E-state index contributed by atoms with van der Waals surface area (Å²) in [7, 11) is -3.11. The molecule has 0 bridgehead atoms. The molecule has 0 heterocycles. The van der Waals surface area contributed by atoms with E-state index in [0.717, 1.165) is 25.2 Å². The standard InChI is InChI=1S/C15H24N2O2S/c1-2-11-20(18,19)14-5-3-13(4-6-14)17-12-15(7-8-15)9-10-16/h3-6,17H,2,7-12,16H2,1H3. The van der Waals surface area contributed by atoms with Crippen LogP contribution in [0.1, 0.15) is 32.6 Å². The SMILES string of the molecule is CCCS(=O)(=O)c1ccc(NCC2(CCN)CC2)cc1. The Kier molecular flexibility index (Phi) is 4.70. The average molecular weight is 296 g/mol. The van der Waals surface area contributed by atoms with Gasteiger partial charge in [0.25, 0.3) is 0 Å². The molecule has 3 N–H and O–H groups in total. The summed E-state index contributed by atoms with van der Waals surface area (Å²) in [5, 5.41) is 3.39. The zero-order chi connectivity index (χ0) is 14.6. The van der Waals surface area contributed by atoms with Gasteiger partial charge in [-0.2, -0.15) is 0 Å². The van der Waals surface area contributed by atoms with Crippen molar-refractivity contribution in [2.45, 2.75) is 37.5 Å². The molecule has 0 atom stereocenters. The van der Waals surface area contributed by atoms with Crippen LogP contribution < -0.4 is 11.1 Å². The van der Waals surface area contributed by atoms with Crippen molar-refractivity contribution in [1.29, 1.82) is 0 Å². The average Bonchev–Trinajstić information content (AvgIpc) is 3.18. The van der Waals surface area contributed by atoms with Gasteiger partial charge in [0.15, 0.2) is 9.84 Å². The van der Waals surface area contributed by atoms with Crippen molar-refractivity contribution in [1.82, 2.24) is 0 Å². The topological polar surface area (TPSA) is 72.2 Å². The molecule has 0 aromatic heterocycles. The Hall–Kier alpha value is -1.07. The van der Waals surface area contributed by atoms with Crippen molar-refractivity contribution in [3.05, 3.63) is 24.3 Å². The van der Waals surface area contributed by atoms with E-state index >= 15 is 0 Å². The van der Waals surface area contributed by atoms with Crippen LogP contribution in [-0.4, -0.2) is 27.3 Å². The van der Waals surface area contributed by atoms with Crippen LogP contribution in [-0.2, 0) is 9.84 Å². The molecular weight excluding hydrogens is 272 g/mol. The third-order valence-corrected chi connectivity index (χ3v) is 5.92. The third kappa shape index (κ3) is 3.73. The van der Waals surface area contributed by atoms with Crippen molar-refractivity contribution in [3.8, 4) is 0 Å². The van der Waals surface area contributed by atoms with E-state index < -0.39 is 9.84 Å². The fourth-order valence-electron chi connectivity index (χ4n) is 2.45. The highest BCUT2D eigenvalue weighted by Crippen LogP contribution is 2.48. The monoisotopic (exact) mass is 296 g/mol. The summed E-state index contributed by atoms with van der Waals surface area (Å²) in [5.41, 5.74) is 6.98. The lowest BCUT2D eigenvalue weighted by molar-refractivity contribution is 0.501. The summed E-state index contributed by atoms with van der Waals surface area (Å²) in [5.74, 6) is 0.208. The predicted octanol–water partition coefficient (Wildman–Crippen LogP) is 2.41. The second-order valence-corrected chi connectivity index (χ2v) is 7.84. The highest BCUT2D eigenvalue weighted by atomic mass is 32.2. The quantitative estimate of drug-likeness (QED) is 0.772. The van der Waals surface area contributed by atoms with Crippen molar-refractivity contribution in [2.75, 3.05) is 24.2 Å². The van der Waals surface area contributed by atoms with E-state index in [9.17, 15) is 8.42 Å². The minimum absolute atomic E-state index is 0.208. The molecule has 1 aliphatic rings. The molecule has 0 aliphatic heterocycles. The minimum atomic E-state index is -3.11. The molecule has 1 aromatic carbocycles. The summed E-state index contributed by atoms with van der Waals surface area (Å²) >= 11 is 0. The fourth-order valence-corrected chi connectivity index (χ4v) is 3.78. The molecule has 1 saturated carbocycles. The zero-order valence-corrected chi connectivity index (χ0v) is 12.9. The number of nitrogens with two attached hydrogens (primary N) is 1. The van der Waals surface area contributed by atoms with Crippen LogP contribution >= 0.6 is 0 Å². The first kappa shape index (κ1) is 15.3. The van der Waals surface area contributed by atoms with Crippen LogP contribution in [0.15, 0.2) is 29.2 Å². The maximum Gasteiger partial charge on any atom is 0.178 e. The molecule has 0 radical (unpaired) electrons. The van der Waals surface area contributed by atoms with Gasteiger partial charge in [0, 0.05) is 12.2 Å². The van der Waals surface area contributed by atoms with Gasteiger partial charge in [-0.25, -0.2) is 8.42 Å².